The number of hydrogen-bond donors (Lipinski definition) is 2. The Morgan fingerprint density at radius 2 is 2.25 bits per heavy atom. The molecule has 0 unspecified atom stereocenters. The predicted molar refractivity (Wildman–Crippen MR) is 64.2 cm³/mol. The van der Waals surface area contributed by atoms with Gasteiger partial charge in [-0.25, -0.2) is 4.98 Å². The molecule has 0 bridgehead atoms. The van der Waals surface area contributed by atoms with E-state index in [1.54, 1.807) is 6.33 Å². The summed E-state index contributed by atoms with van der Waals surface area (Å²) in [5.41, 5.74) is 9.50. The van der Waals surface area contributed by atoms with Gasteiger partial charge >= 0.3 is 0 Å². The van der Waals surface area contributed by atoms with E-state index in [-0.39, 0.29) is 0 Å². The Morgan fingerprint density at radius 1 is 1.38 bits per heavy atom. The molecule has 0 saturated carbocycles. The zero-order chi connectivity index (χ0) is 11.0. The van der Waals surface area contributed by atoms with Crippen LogP contribution in [0.5, 0.6) is 0 Å². The molecular weight excluding hydrogens is 200 g/mol. The molecule has 0 atom stereocenters. The zero-order valence-corrected chi connectivity index (χ0v) is 8.98. The smallest absolute Gasteiger partial charge is 0.146 e. The summed E-state index contributed by atoms with van der Waals surface area (Å²) in [6.07, 6.45) is 2.76. The Labute approximate surface area is 94.1 Å². The Hall–Kier alpha value is -1.97. The summed E-state index contributed by atoms with van der Waals surface area (Å²) in [6, 6.07) is 8.51. The van der Waals surface area contributed by atoms with Gasteiger partial charge in [0.15, 0.2) is 0 Å². The predicted octanol–water partition coefficient (Wildman–Crippen LogP) is 1.55. The highest BCUT2D eigenvalue weighted by Gasteiger charge is 2.19. The van der Waals surface area contributed by atoms with E-state index >= 15 is 0 Å². The van der Waals surface area contributed by atoms with Crippen molar-refractivity contribution in [3.8, 4) is 0 Å². The molecule has 1 aromatic heterocycles. The molecule has 4 nitrogen and oxygen atoms in total. The third kappa shape index (κ3) is 1.43. The topological polar surface area (TPSA) is 57.9 Å². The van der Waals surface area contributed by atoms with E-state index in [0.717, 1.165) is 25.2 Å². The number of imidazole rings is 1. The van der Waals surface area contributed by atoms with Gasteiger partial charge in [-0.3, -0.25) is 0 Å². The van der Waals surface area contributed by atoms with Crippen molar-refractivity contribution >= 4 is 11.5 Å². The van der Waals surface area contributed by atoms with Crippen molar-refractivity contribution in [2.45, 2.75) is 13.0 Å². The van der Waals surface area contributed by atoms with Crippen LogP contribution >= 0.6 is 0 Å². The Morgan fingerprint density at radius 3 is 3.06 bits per heavy atom. The lowest BCUT2D eigenvalue weighted by Crippen LogP contribution is -2.20. The van der Waals surface area contributed by atoms with Crippen LogP contribution in [-0.4, -0.2) is 16.5 Å². The summed E-state index contributed by atoms with van der Waals surface area (Å²) >= 11 is 0. The average molecular weight is 214 g/mol. The molecule has 0 radical (unpaired) electrons. The Bertz CT molecular complexity index is 503. The van der Waals surface area contributed by atoms with Gasteiger partial charge in [0, 0.05) is 12.2 Å². The first-order chi connectivity index (χ1) is 7.84. The number of rotatable bonds is 2. The number of nitrogens with two attached hydrogens (primary N) is 1. The molecule has 1 aliphatic rings. The largest absolute Gasteiger partial charge is 0.382 e. The average Bonchev–Trinajstić information content (AvgIpc) is 2.88. The summed E-state index contributed by atoms with van der Waals surface area (Å²) in [4.78, 5) is 9.43. The number of fused-ring (bicyclic) bond motifs is 1. The highest BCUT2D eigenvalue weighted by molar-refractivity contribution is 5.58. The third-order valence-corrected chi connectivity index (χ3v) is 3.08. The highest BCUT2D eigenvalue weighted by atomic mass is 15.2. The maximum absolute atomic E-state index is 5.77. The van der Waals surface area contributed by atoms with Gasteiger partial charge in [0.05, 0.1) is 18.6 Å². The molecular formula is C12H14N4. The normalized spacial score (nSPS) is 14.1. The van der Waals surface area contributed by atoms with Gasteiger partial charge in [-0.15, -0.1) is 0 Å². The Balaban J connectivity index is 1.86. The maximum Gasteiger partial charge on any atom is 0.146 e. The molecule has 16 heavy (non-hydrogen) atoms. The second-order valence-electron chi connectivity index (χ2n) is 4.07. The van der Waals surface area contributed by atoms with Crippen molar-refractivity contribution in [2.24, 2.45) is 0 Å². The van der Waals surface area contributed by atoms with Crippen LogP contribution in [0.1, 0.15) is 11.3 Å². The van der Waals surface area contributed by atoms with Gasteiger partial charge in [-0.2, -0.15) is 0 Å². The Kier molecular flexibility index (Phi) is 2.06. The van der Waals surface area contributed by atoms with Crippen LogP contribution in [0.2, 0.25) is 0 Å². The molecule has 0 spiro atoms. The van der Waals surface area contributed by atoms with Crippen LogP contribution in [0.4, 0.5) is 11.5 Å². The maximum atomic E-state index is 5.77. The minimum atomic E-state index is 0.601. The second kappa shape index (κ2) is 3.56. The molecule has 82 valence electrons. The van der Waals surface area contributed by atoms with E-state index in [4.69, 9.17) is 5.73 Å². The molecule has 0 amide bonds. The van der Waals surface area contributed by atoms with Crippen molar-refractivity contribution < 1.29 is 0 Å². The number of benzene rings is 1. The molecule has 3 rings (SSSR count). The van der Waals surface area contributed by atoms with Crippen molar-refractivity contribution in [1.82, 2.24) is 9.97 Å². The van der Waals surface area contributed by atoms with Crippen LogP contribution in [0.25, 0.3) is 0 Å². The lowest BCUT2D eigenvalue weighted by Gasteiger charge is -2.18. The summed E-state index contributed by atoms with van der Waals surface area (Å²) in [6.45, 7) is 1.86. The first kappa shape index (κ1) is 9.27. The highest BCUT2D eigenvalue weighted by Crippen LogP contribution is 2.28. The van der Waals surface area contributed by atoms with Gasteiger partial charge in [-0.05, 0) is 18.1 Å². The van der Waals surface area contributed by atoms with Gasteiger partial charge in [0.1, 0.15) is 5.82 Å². The standard InChI is InChI=1S/C12H14N4/c13-12-10(14-8-15-12)7-16-6-5-9-3-1-2-4-11(9)16/h1-4,8H,5-7,13H2,(H,14,15). The number of nitrogens with one attached hydrogen (secondary N) is 1. The van der Waals surface area contributed by atoms with Gasteiger partial charge in [0.25, 0.3) is 0 Å². The van der Waals surface area contributed by atoms with Crippen molar-refractivity contribution in [3.63, 3.8) is 0 Å². The number of para-hydroxylation sites is 1. The zero-order valence-electron chi connectivity index (χ0n) is 8.98. The number of hydrogen-bond acceptors (Lipinski definition) is 3. The van der Waals surface area contributed by atoms with Crippen molar-refractivity contribution in [1.29, 1.82) is 0 Å². The fraction of sp³-hybridized carbons (Fsp3) is 0.250. The molecule has 4 heteroatoms. The van der Waals surface area contributed by atoms with Crippen LogP contribution in [-0.2, 0) is 13.0 Å². The minimum absolute atomic E-state index is 0.601. The number of nitrogen functional groups attached to an aromatic ring is 1. The number of H-pyrrole nitrogens is 1. The molecule has 0 saturated heterocycles. The molecule has 3 N–H and O–H groups in total. The lowest BCUT2D eigenvalue weighted by molar-refractivity contribution is 0.821. The first-order valence-corrected chi connectivity index (χ1v) is 5.45. The van der Waals surface area contributed by atoms with Crippen molar-refractivity contribution in [3.05, 3.63) is 41.9 Å². The summed E-state index contributed by atoms with van der Waals surface area (Å²) in [5.74, 6) is 0.601. The quantitative estimate of drug-likeness (QED) is 0.797. The number of aromatic nitrogens is 2. The van der Waals surface area contributed by atoms with E-state index < -0.39 is 0 Å². The molecule has 2 aromatic rings. The van der Waals surface area contributed by atoms with Gasteiger partial charge in [0.2, 0.25) is 0 Å². The molecule has 0 aliphatic carbocycles. The molecule has 0 fully saturated rings. The molecule has 1 aliphatic heterocycles. The number of anilines is 2. The van der Waals surface area contributed by atoms with Gasteiger partial charge < -0.3 is 15.6 Å². The van der Waals surface area contributed by atoms with Crippen molar-refractivity contribution in [2.75, 3.05) is 17.2 Å². The minimum Gasteiger partial charge on any atom is -0.382 e. The first-order valence-electron chi connectivity index (χ1n) is 5.45. The molecule has 2 heterocycles. The monoisotopic (exact) mass is 214 g/mol. The van der Waals surface area contributed by atoms with E-state index in [2.05, 4.69) is 39.1 Å². The van der Waals surface area contributed by atoms with E-state index in [9.17, 15) is 0 Å². The fourth-order valence-electron chi connectivity index (χ4n) is 2.22. The summed E-state index contributed by atoms with van der Waals surface area (Å²) in [7, 11) is 0. The van der Waals surface area contributed by atoms with E-state index in [1.165, 1.54) is 11.3 Å². The lowest BCUT2D eigenvalue weighted by atomic mass is 10.2. The van der Waals surface area contributed by atoms with Crippen LogP contribution in [0.3, 0.4) is 0 Å². The van der Waals surface area contributed by atoms with Crippen LogP contribution < -0.4 is 10.6 Å². The molecule has 1 aromatic carbocycles. The van der Waals surface area contributed by atoms with Crippen LogP contribution in [0.15, 0.2) is 30.6 Å². The summed E-state index contributed by atoms with van der Waals surface area (Å²) < 4.78 is 0. The van der Waals surface area contributed by atoms with E-state index in [0.29, 0.717) is 5.82 Å². The van der Waals surface area contributed by atoms with Gasteiger partial charge in [-0.1, -0.05) is 18.2 Å². The SMILES string of the molecule is Nc1nc[nH]c1CN1CCc2ccccc21. The number of nitrogens with zero attached hydrogens (tertiary/aromatic N) is 2. The second-order valence-corrected chi connectivity index (χ2v) is 4.07. The number of aromatic amines is 1. The fourth-order valence-corrected chi connectivity index (χ4v) is 2.22. The van der Waals surface area contributed by atoms with Crippen LogP contribution in [0, 0.1) is 0 Å². The summed E-state index contributed by atoms with van der Waals surface area (Å²) in [5, 5.41) is 0. The third-order valence-electron chi connectivity index (χ3n) is 3.08. The van der Waals surface area contributed by atoms with E-state index in [1.807, 2.05) is 0 Å².